The minimum atomic E-state index is -0.382. The number of H-pyrrole nitrogens is 1. The van der Waals surface area contributed by atoms with E-state index < -0.39 is 0 Å². The monoisotopic (exact) mass is 331 g/mol. The number of nitrogens with zero attached hydrogens (tertiary/aromatic N) is 4. The number of ether oxygens (including phenoxy) is 1. The SMILES string of the molecule is CN(CCOc1ccccc1F)Cc1nc2c(cnn2C)c(=O)[nH]1. The quantitative estimate of drug-likeness (QED) is 0.737. The van der Waals surface area contributed by atoms with Gasteiger partial charge in [0.1, 0.15) is 17.8 Å². The van der Waals surface area contributed by atoms with Gasteiger partial charge in [0.05, 0.1) is 12.7 Å². The molecule has 0 amide bonds. The molecule has 7 nitrogen and oxygen atoms in total. The number of benzene rings is 1. The van der Waals surface area contributed by atoms with E-state index in [0.717, 1.165) is 0 Å². The zero-order chi connectivity index (χ0) is 17.1. The first-order valence-corrected chi connectivity index (χ1v) is 7.51. The van der Waals surface area contributed by atoms with Crippen LogP contribution in [0.5, 0.6) is 5.75 Å². The molecule has 0 aliphatic rings. The predicted octanol–water partition coefficient (Wildman–Crippen LogP) is 1.31. The Hall–Kier alpha value is -2.74. The summed E-state index contributed by atoms with van der Waals surface area (Å²) in [6.07, 6.45) is 1.50. The molecule has 126 valence electrons. The Morgan fingerprint density at radius 2 is 2.17 bits per heavy atom. The van der Waals surface area contributed by atoms with Crippen molar-refractivity contribution < 1.29 is 9.13 Å². The highest BCUT2D eigenvalue weighted by molar-refractivity contribution is 5.72. The summed E-state index contributed by atoms with van der Waals surface area (Å²) in [5.74, 6) is 0.394. The van der Waals surface area contributed by atoms with Crippen LogP contribution in [0.2, 0.25) is 0 Å². The fourth-order valence-corrected chi connectivity index (χ4v) is 2.36. The number of para-hydroxylation sites is 1. The van der Waals surface area contributed by atoms with Crippen molar-refractivity contribution in [2.24, 2.45) is 7.05 Å². The highest BCUT2D eigenvalue weighted by Gasteiger charge is 2.10. The zero-order valence-corrected chi connectivity index (χ0v) is 13.5. The van der Waals surface area contributed by atoms with E-state index in [1.165, 1.54) is 12.3 Å². The lowest BCUT2D eigenvalue weighted by Gasteiger charge is -2.16. The van der Waals surface area contributed by atoms with E-state index in [0.29, 0.717) is 36.6 Å². The molecule has 2 aromatic heterocycles. The molecule has 0 aliphatic carbocycles. The number of hydrogen-bond donors (Lipinski definition) is 1. The lowest BCUT2D eigenvalue weighted by atomic mass is 10.3. The van der Waals surface area contributed by atoms with Gasteiger partial charge in [0, 0.05) is 13.6 Å². The van der Waals surface area contributed by atoms with Crippen LogP contribution < -0.4 is 10.3 Å². The highest BCUT2D eigenvalue weighted by Crippen LogP contribution is 2.15. The molecule has 1 aromatic carbocycles. The summed E-state index contributed by atoms with van der Waals surface area (Å²) in [6, 6.07) is 6.28. The van der Waals surface area contributed by atoms with Gasteiger partial charge >= 0.3 is 0 Å². The fourth-order valence-electron chi connectivity index (χ4n) is 2.36. The molecule has 8 heteroatoms. The van der Waals surface area contributed by atoms with Crippen LogP contribution in [-0.2, 0) is 13.6 Å². The number of fused-ring (bicyclic) bond motifs is 1. The molecular weight excluding hydrogens is 313 g/mol. The van der Waals surface area contributed by atoms with Gasteiger partial charge in [-0.2, -0.15) is 5.10 Å². The molecule has 0 aliphatic heterocycles. The largest absolute Gasteiger partial charge is 0.489 e. The second-order valence-electron chi connectivity index (χ2n) is 5.53. The summed E-state index contributed by atoms with van der Waals surface area (Å²) in [7, 11) is 3.61. The van der Waals surface area contributed by atoms with E-state index in [-0.39, 0.29) is 17.1 Å². The number of nitrogens with one attached hydrogen (secondary N) is 1. The first-order valence-electron chi connectivity index (χ1n) is 7.51. The number of aromatic amines is 1. The molecule has 0 atom stereocenters. The van der Waals surface area contributed by atoms with Crippen molar-refractivity contribution in [1.82, 2.24) is 24.6 Å². The highest BCUT2D eigenvalue weighted by atomic mass is 19.1. The standard InChI is InChI=1S/C16H18FN5O2/c1-21(7-8-24-13-6-4-3-5-12(13)17)10-14-19-15-11(16(23)20-14)9-18-22(15)2/h3-6,9H,7-8,10H2,1-2H3,(H,19,20,23). The second kappa shape index (κ2) is 6.79. The molecule has 2 heterocycles. The van der Waals surface area contributed by atoms with Crippen molar-refractivity contribution in [3.8, 4) is 5.75 Å². The van der Waals surface area contributed by atoms with Crippen molar-refractivity contribution in [2.75, 3.05) is 20.2 Å². The Morgan fingerprint density at radius 3 is 2.96 bits per heavy atom. The molecule has 0 fully saturated rings. The topological polar surface area (TPSA) is 76.0 Å². The minimum absolute atomic E-state index is 0.209. The average molecular weight is 331 g/mol. The summed E-state index contributed by atoms with van der Waals surface area (Å²) in [6.45, 7) is 1.33. The van der Waals surface area contributed by atoms with Crippen molar-refractivity contribution in [3.63, 3.8) is 0 Å². The average Bonchev–Trinajstić information content (AvgIpc) is 2.91. The van der Waals surface area contributed by atoms with Crippen LogP contribution in [0.25, 0.3) is 11.0 Å². The second-order valence-corrected chi connectivity index (χ2v) is 5.53. The number of aryl methyl sites for hydroxylation is 1. The third kappa shape index (κ3) is 3.43. The molecule has 24 heavy (non-hydrogen) atoms. The molecule has 3 aromatic rings. The van der Waals surface area contributed by atoms with E-state index >= 15 is 0 Å². The molecule has 0 saturated carbocycles. The number of halogens is 1. The summed E-state index contributed by atoms with van der Waals surface area (Å²) in [5.41, 5.74) is 0.337. The van der Waals surface area contributed by atoms with Crippen LogP contribution in [0, 0.1) is 5.82 Å². The lowest BCUT2D eigenvalue weighted by Crippen LogP contribution is -2.26. The minimum Gasteiger partial charge on any atom is -0.489 e. The van der Waals surface area contributed by atoms with Crippen LogP contribution in [0.15, 0.2) is 35.3 Å². The van der Waals surface area contributed by atoms with E-state index in [9.17, 15) is 9.18 Å². The number of aromatic nitrogens is 4. The molecular formula is C16H18FN5O2. The van der Waals surface area contributed by atoms with Crippen LogP contribution in [0.1, 0.15) is 5.82 Å². The Balaban J connectivity index is 1.61. The van der Waals surface area contributed by atoms with Crippen molar-refractivity contribution in [2.45, 2.75) is 6.54 Å². The first-order chi connectivity index (χ1) is 11.5. The van der Waals surface area contributed by atoms with E-state index in [1.54, 1.807) is 29.9 Å². The van der Waals surface area contributed by atoms with Gasteiger partial charge in [-0.25, -0.2) is 9.37 Å². The van der Waals surface area contributed by atoms with Gasteiger partial charge in [0.25, 0.3) is 5.56 Å². The third-order valence-electron chi connectivity index (χ3n) is 3.64. The van der Waals surface area contributed by atoms with Crippen molar-refractivity contribution in [1.29, 1.82) is 0 Å². The van der Waals surface area contributed by atoms with Crippen molar-refractivity contribution in [3.05, 3.63) is 52.5 Å². The molecule has 0 unspecified atom stereocenters. The number of likely N-dealkylation sites (N-methyl/N-ethyl adjacent to an activating group) is 1. The van der Waals surface area contributed by atoms with Gasteiger partial charge in [-0.3, -0.25) is 14.4 Å². The maximum absolute atomic E-state index is 13.5. The Bertz CT molecular complexity index is 905. The molecule has 0 radical (unpaired) electrons. The Morgan fingerprint density at radius 1 is 1.38 bits per heavy atom. The fraction of sp³-hybridized carbons (Fsp3) is 0.312. The molecule has 0 bridgehead atoms. The summed E-state index contributed by atoms with van der Waals surface area (Å²) in [5, 5.41) is 4.50. The van der Waals surface area contributed by atoms with Gasteiger partial charge < -0.3 is 9.72 Å². The molecule has 0 spiro atoms. The van der Waals surface area contributed by atoms with Gasteiger partial charge in [-0.15, -0.1) is 0 Å². The summed E-state index contributed by atoms with van der Waals surface area (Å²) in [4.78, 5) is 21.1. The van der Waals surface area contributed by atoms with E-state index in [2.05, 4.69) is 15.1 Å². The first kappa shape index (κ1) is 16.1. The van der Waals surface area contributed by atoms with E-state index in [1.807, 2.05) is 11.9 Å². The number of rotatable bonds is 6. The Labute approximate surface area is 137 Å². The molecule has 3 rings (SSSR count). The summed E-state index contributed by atoms with van der Waals surface area (Å²) < 4.78 is 20.5. The summed E-state index contributed by atoms with van der Waals surface area (Å²) >= 11 is 0. The molecule has 1 N–H and O–H groups in total. The zero-order valence-electron chi connectivity index (χ0n) is 13.5. The maximum Gasteiger partial charge on any atom is 0.262 e. The van der Waals surface area contributed by atoms with Gasteiger partial charge in [0.2, 0.25) is 0 Å². The van der Waals surface area contributed by atoms with Crippen molar-refractivity contribution >= 4 is 11.0 Å². The van der Waals surface area contributed by atoms with Gasteiger partial charge in [-0.05, 0) is 19.2 Å². The van der Waals surface area contributed by atoms with Crippen LogP contribution in [0.4, 0.5) is 4.39 Å². The maximum atomic E-state index is 13.5. The predicted molar refractivity (Wildman–Crippen MR) is 87.4 cm³/mol. The number of hydrogen-bond acceptors (Lipinski definition) is 5. The van der Waals surface area contributed by atoms with E-state index in [4.69, 9.17) is 4.74 Å². The van der Waals surface area contributed by atoms with Crippen LogP contribution in [-0.4, -0.2) is 44.8 Å². The van der Waals surface area contributed by atoms with Crippen LogP contribution >= 0.6 is 0 Å². The third-order valence-corrected chi connectivity index (χ3v) is 3.64. The smallest absolute Gasteiger partial charge is 0.262 e. The van der Waals surface area contributed by atoms with Gasteiger partial charge in [0.15, 0.2) is 17.2 Å². The van der Waals surface area contributed by atoms with Crippen LogP contribution in [0.3, 0.4) is 0 Å². The van der Waals surface area contributed by atoms with Gasteiger partial charge in [-0.1, -0.05) is 12.1 Å². The Kier molecular flexibility index (Phi) is 4.57. The molecule has 0 saturated heterocycles. The lowest BCUT2D eigenvalue weighted by molar-refractivity contribution is 0.224. The normalized spacial score (nSPS) is 11.3.